The van der Waals surface area contributed by atoms with E-state index in [1.807, 2.05) is 0 Å². The van der Waals surface area contributed by atoms with E-state index in [0.717, 1.165) is 18.8 Å². The average Bonchev–Trinajstić information content (AvgIpc) is 2.72. The van der Waals surface area contributed by atoms with Gasteiger partial charge in [-0.3, -0.25) is 0 Å². The molecule has 0 amide bonds. The monoisotopic (exact) mass is 265 g/mol. The lowest BCUT2D eigenvalue weighted by Crippen LogP contribution is -2.56. The van der Waals surface area contributed by atoms with Crippen molar-refractivity contribution >= 4 is 0 Å². The fourth-order valence-electron chi connectivity index (χ4n) is 5.41. The molecular formula is C17H31NO. The van der Waals surface area contributed by atoms with Crippen molar-refractivity contribution in [2.75, 3.05) is 0 Å². The minimum atomic E-state index is -0.124. The molecule has 0 saturated heterocycles. The normalized spacial score (nSPS) is 49.3. The van der Waals surface area contributed by atoms with Crippen LogP contribution in [-0.2, 0) is 0 Å². The minimum absolute atomic E-state index is 0.124. The van der Waals surface area contributed by atoms with Crippen molar-refractivity contribution in [3.8, 4) is 0 Å². The number of nitrogens with one attached hydrogen (secondary N) is 1. The molecule has 3 saturated carbocycles. The summed E-state index contributed by atoms with van der Waals surface area (Å²) in [4.78, 5) is 0. The van der Waals surface area contributed by atoms with Crippen LogP contribution in [0.25, 0.3) is 0 Å². The van der Waals surface area contributed by atoms with Crippen LogP contribution >= 0.6 is 0 Å². The van der Waals surface area contributed by atoms with Crippen LogP contribution in [0.4, 0.5) is 0 Å². The fraction of sp³-hybridized carbons (Fsp3) is 1.00. The van der Waals surface area contributed by atoms with Gasteiger partial charge in [0, 0.05) is 12.1 Å². The average molecular weight is 265 g/mol. The van der Waals surface area contributed by atoms with Crippen LogP contribution in [0.15, 0.2) is 0 Å². The highest BCUT2D eigenvalue weighted by Crippen LogP contribution is 2.62. The third kappa shape index (κ3) is 2.25. The number of rotatable bonds is 2. The first kappa shape index (κ1) is 13.9. The number of fused-ring (bicyclic) bond motifs is 2. The quantitative estimate of drug-likeness (QED) is 0.749. The Kier molecular flexibility index (Phi) is 3.46. The van der Waals surface area contributed by atoms with Gasteiger partial charge < -0.3 is 10.4 Å². The topological polar surface area (TPSA) is 32.3 Å². The summed E-state index contributed by atoms with van der Waals surface area (Å²) >= 11 is 0. The van der Waals surface area contributed by atoms with Gasteiger partial charge in [0.2, 0.25) is 0 Å². The molecule has 0 aliphatic heterocycles. The lowest BCUT2D eigenvalue weighted by atomic mass is 9.68. The molecule has 110 valence electrons. The molecule has 3 aliphatic rings. The second kappa shape index (κ2) is 4.73. The van der Waals surface area contributed by atoms with Crippen LogP contribution < -0.4 is 5.32 Å². The summed E-state index contributed by atoms with van der Waals surface area (Å²) < 4.78 is 0. The number of hydrogen-bond donors (Lipinski definition) is 2. The van der Waals surface area contributed by atoms with Gasteiger partial charge in [-0.1, -0.05) is 40.0 Å². The van der Waals surface area contributed by atoms with E-state index in [9.17, 15) is 5.11 Å². The van der Waals surface area contributed by atoms with E-state index in [1.54, 1.807) is 0 Å². The van der Waals surface area contributed by atoms with E-state index in [-0.39, 0.29) is 6.10 Å². The molecular weight excluding hydrogens is 234 g/mol. The SMILES string of the molecule is CC1(C)C(NC2CCCCCC2O)[C@]2(C)CC[C@H]1C2. The largest absolute Gasteiger partial charge is 0.392 e. The molecule has 3 unspecified atom stereocenters. The van der Waals surface area contributed by atoms with Gasteiger partial charge in [-0.25, -0.2) is 0 Å². The molecule has 19 heavy (non-hydrogen) atoms. The molecule has 0 aromatic heterocycles. The molecule has 0 aromatic carbocycles. The van der Waals surface area contributed by atoms with E-state index in [4.69, 9.17) is 0 Å². The molecule has 2 bridgehead atoms. The van der Waals surface area contributed by atoms with E-state index in [0.29, 0.717) is 22.9 Å². The van der Waals surface area contributed by atoms with Crippen molar-refractivity contribution in [1.29, 1.82) is 0 Å². The Morgan fingerprint density at radius 2 is 1.74 bits per heavy atom. The molecule has 3 fully saturated rings. The molecule has 0 radical (unpaired) electrons. The van der Waals surface area contributed by atoms with Crippen LogP contribution in [-0.4, -0.2) is 23.3 Å². The fourth-order valence-corrected chi connectivity index (χ4v) is 5.41. The first-order chi connectivity index (χ1) is 8.93. The second-order valence-electron chi connectivity index (χ2n) is 8.33. The molecule has 0 spiro atoms. The van der Waals surface area contributed by atoms with Gasteiger partial charge >= 0.3 is 0 Å². The van der Waals surface area contributed by atoms with Gasteiger partial charge in [-0.05, 0) is 48.9 Å². The molecule has 3 aliphatic carbocycles. The zero-order valence-corrected chi connectivity index (χ0v) is 12.9. The Hall–Kier alpha value is -0.0800. The number of aliphatic hydroxyl groups excluding tert-OH is 1. The van der Waals surface area contributed by atoms with E-state index >= 15 is 0 Å². The lowest BCUT2D eigenvalue weighted by molar-refractivity contribution is 0.0561. The Labute approximate surface area is 118 Å². The van der Waals surface area contributed by atoms with Gasteiger partial charge in [-0.2, -0.15) is 0 Å². The first-order valence-electron chi connectivity index (χ1n) is 8.38. The smallest absolute Gasteiger partial charge is 0.0693 e. The summed E-state index contributed by atoms with van der Waals surface area (Å²) in [5, 5.41) is 14.3. The van der Waals surface area contributed by atoms with E-state index in [1.165, 1.54) is 38.5 Å². The molecule has 3 rings (SSSR count). The van der Waals surface area contributed by atoms with Gasteiger partial charge in [0.15, 0.2) is 0 Å². The second-order valence-corrected chi connectivity index (χ2v) is 8.33. The maximum Gasteiger partial charge on any atom is 0.0693 e. The Morgan fingerprint density at radius 3 is 2.42 bits per heavy atom. The van der Waals surface area contributed by atoms with Crippen LogP contribution in [0.3, 0.4) is 0 Å². The highest BCUT2D eigenvalue weighted by molar-refractivity contribution is 5.12. The van der Waals surface area contributed by atoms with Crippen molar-refractivity contribution in [2.24, 2.45) is 16.7 Å². The van der Waals surface area contributed by atoms with Crippen LogP contribution in [0, 0.1) is 16.7 Å². The molecule has 5 atom stereocenters. The van der Waals surface area contributed by atoms with Gasteiger partial charge in [0.05, 0.1) is 6.10 Å². The van der Waals surface area contributed by atoms with Crippen molar-refractivity contribution in [1.82, 2.24) is 5.32 Å². The third-order valence-electron chi connectivity index (χ3n) is 6.63. The third-order valence-corrected chi connectivity index (χ3v) is 6.63. The summed E-state index contributed by atoms with van der Waals surface area (Å²) in [6, 6.07) is 0.930. The van der Waals surface area contributed by atoms with Crippen molar-refractivity contribution < 1.29 is 5.11 Å². The van der Waals surface area contributed by atoms with Crippen LogP contribution in [0.2, 0.25) is 0 Å². The zero-order valence-electron chi connectivity index (χ0n) is 12.9. The first-order valence-corrected chi connectivity index (χ1v) is 8.38. The Balaban J connectivity index is 1.74. The van der Waals surface area contributed by atoms with Gasteiger partial charge in [0.25, 0.3) is 0 Å². The zero-order chi connectivity index (χ0) is 13.7. The Bertz CT molecular complexity index is 335. The standard InChI is InChI=1S/C17H31NO/c1-16(2)12-9-10-17(3,11-12)15(16)18-13-7-5-4-6-8-14(13)19/h12-15,18-19H,4-11H2,1-3H3/t12-,13?,14?,15?,17+/m0/s1. The molecule has 2 heteroatoms. The predicted octanol–water partition coefficient (Wildman–Crippen LogP) is 3.48. The molecule has 0 heterocycles. The summed E-state index contributed by atoms with van der Waals surface area (Å²) in [6.45, 7) is 7.37. The maximum atomic E-state index is 10.4. The minimum Gasteiger partial charge on any atom is -0.392 e. The van der Waals surface area contributed by atoms with Gasteiger partial charge in [0.1, 0.15) is 0 Å². The highest BCUT2D eigenvalue weighted by Gasteiger charge is 2.59. The van der Waals surface area contributed by atoms with Crippen LogP contribution in [0.1, 0.15) is 72.1 Å². The predicted molar refractivity (Wildman–Crippen MR) is 79.0 cm³/mol. The van der Waals surface area contributed by atoms with Crippen LogP contribution in [0.5, 0.6) is 0 Å². The van der Waals surface area contributed by atoms with Crippen molar-refractivity contribution in [3.05, 3.63) is 0 Å². The highest BCUT2D eigenvalue weighted by atomic mass is 16.3. The summed E-state index contributed by atoms with van der Waals surface area (Å²) in [5.74, 6) is 0.887. The number of hydrogen-bond acceptors (Lipinski definition) is 2. The molecule has 0 aromatic rings. The summed E-state index contributed by atoms with van der Waals surface area (Å²) in [5.41, 5.74) is 0.874. The summed E-state index contributed by atoms with van der Waals surface area (Å²) in [7, 11) is 0. The lowest BCUT2D eigenvalue weighted by Gasteiger charge is -2.45. The number of aliphatic hydroxyl groups is 1. The van der Waals surface area contributed by atoms with Gasteiger partial charge in [-0.15, -0.1) is 0 Å². The van der Waals surface area contributed by atoms with Crippen molar-refractivity contribution in [3.63, 3.8) is 0 Å². The summed E-state index contributed by atoms with van der Waals surface area (Å²) in [6.07, 6.45) is 9.98. The Morgan fingerprint density at radius 1 is 1.00 bits per heavy atom. The maximum absolute atomic E-state index is 10.4. The molecule has 2 nitrogen and oxygen atoms in total. The van der Waals surface area contributed by atoms with E-state index < -0.39 is 0 Å². The van der Waals surface area contributed by atoms with Crippen molar-refractivity contribution in [2.45, 2.75) is 90.3 Å². The molecule has 2 N–H and O–H groups in total. The van der Waals surface area contributed by atoms with E-state index in [2.05, 4.69) is 26.1 Å².